The molecule has 114 valence electrons. The van der Waals surface area contributed by atoms with Gasteiger partial charge in [-0.15, -0.1) is 0 Å². The number of fused-ring (bicyclic) bond motifs is 1. The third kappa shape index (κ3) is 3.03. The highest BCUT2D eigenvalue weighted by Crippen LogP contribution is 2.22. The number of nitrogens with zero attached hydrogens (tertiary/aromatic N) is 2. The van der Waals surface area contributed by atoms with Gasteiger partial charge in [0, 0.05) is 42.9 Å². The van der Waals surface area contributed by atoms with Gasteiger partial charge in [-0.1, -0.05) is 6.92 Å². The number of hydrogen-bond donors (Lipinski definition) is 1. The van der Waals surface area contributed by atoms with E-state index in [4.69, 9.17) is 4.42 Å². The first-order valence-electron chi connectivity index (χ1n) is 7.46. The van der Waals surface area contributed by atoms with Crippen molar-refractivity contribution >= 4 is 22.6 Å². The van der Waals surface area contributed by atoms with Crippen LogP contribution in [0.3, 0.4) is 0 Å². The topological polar surface area (TPSA) is 60.1 Å². The zero-order chi connectivity index (χ0) is 15.5. The molecule has 0 spiro atoms. The van der Waals surface area contributed by atoms with Crippen LogP contribution in [0.25, 0.3) is 11.0 Å². The van der Waals surface area contributed by atoms with Crippen LogP contribution in [0.1, 0.15) is 24.9 Å². The molecule has 1 N–H and O–H groups in total. The Kier molecular flexibility index (Phi) is 3.96. The molecule has 0 unspecified atom stereocenters. The summed E-state index contributed by atoms with van der Waals surface area (Å²) in [5, 5.41) is 3.93. The maximum Gasteiger partial charge on any atom is 0.226 e. The van der Waals surface area contributed by atoms with Crippen LogP contribution < -0.4 is 5.32 Å². The zero-order valence-electron chi connectivity index (χ0n) is 12.8. The molecule has 0 aliphatic heterocycles. The van der Waals surface area contributed by atoms with E-state index in [2.05, 4.69) is 17.2 Å². The Morgan fingerprint density at radius 2 is 2.23 bits per heavy atom. The summed E-state index contributed by atoms with van der Waals surface area (Å²) in [6, 6.07) is 7.63. The Morgan fingerprint density at radius 3 is 3.05 bits per heavy atom. The highest BCUT2D eigenvalue weighted by molar-refractivity contribution is 5.93. The van der Waals surface area contributed by atoms with E-state index in [0.29, 0.717) is 13.0 Å². The first-order valence-corrected chi connectivity index (χ1v) is 7.46. The maximum atomic E-state index is 12.1. The van der Waals surface area contributed by atoms with Gasteiger partial charge in [-0.2, -0.15) is 0 Å². The van der Waals surface area contributed by atoms with Crippen LogP contribution in [-0.2, 0) is 17.8 Å². The van der Waals surface area contributed by atoms with E-state index in [1.165, 1.54) is 0 Å². The maximum absolute atomic E-state index is 12.1. The number of anilines is 1. The number of rotatable bonds is 5. The second kappa shape index (κ2) is 6.05. The van der Waals surface area contributed by atoms with Gasteiger partial charge in [0.25, 0.3) is 0 Å². The van der Waals surface area contributed by atoms with E-state index < -0.39 is 0 Å². The largest absolute Gasteiger partial charge is 0.461 e. The van der Waals surface area contributed by atoms with Gasteiger partial charge >= 0.3 is 0 Å². The van der Waals surface area contributed by atoms with Crippen LogP contribution in [-0.4, -0.2) is 15.5 Å². The highest BCUT2D eigenvalue weighted by Gasteiger charge is 2.07. The fourth-order valence-electron chi connectivity index (χ4n) is 2.56. The molecule has 0 aliphatic carbocycles. The molecular formula is C17H19N3O2. The quantitative estimate of drug-likeness (QED) is 0.783. The van der Waals surface area contributed by atoms with E-state index in [9.17, 15) is 4.79 Å². The molecule has 3 rings (SSSR count). The predicted octanol–water partition coefficient (Wildman–Crippen LogP) is 3.53. The molecule has 1 amide bonds. The first-order chi connectivity index (χ1) is 10.7. The van der Waals surface area contributed by atoms with Gasteiger partial charge in [-0.05, 0) is 31.2 Å². The van der Waals surface area contributed by atoms with Crippen molar-refractivity contribution in [2.24, 2.45) is 0 Å². The summed E-state index contributed by atoms with van der Waals surface area (Å²) in [6.45, 7) is 4.61. The van der Waals surface area contributed by atoms with Crippen molar-refractivity contribution in [1.82, 2.24) is 9.55 Å². The molecule has 22 heavy (non-hydrogen) atoms. The first kappa shape index (κ1) is 14.4. The summed E-state index contributed by atoms with van der Waals surface area (Å²) in [7, 11) is 0. The molecule has 3 aromatic rings. The van der Waals surface area contributed by atoms with Crippen molar-refractivity contribution in [3.05, 3.63) is 48.2 Å². The van der Waals surface area contributed by atoms with Crippen molar-refractivity contribution in [2.45, 2.75) is 33.2 Å². The van der Waals surface area contributed by atoms with Crippen LogP contribution in [0.15, 0.2) is 41.1 Å². The average Bonchev–Trinajstić information content (AvgIpc) is 3.09. The van der Waals surface area contributed by atoms with Crippen molar-refractivity contribution in [3.63, 3.8) is 0 Å². The number of aryl methyl sites for hydroxylation is 3. The third-order valence-electron chi connectivity index (χ3n) is 3.62. The summed E-state index contributed by atoms with van der Waals surface area (Å²) in [4.78, 5) is 16.3. The lowest BCUT2D eigenvalue weighted by molar-refractivity contribution is -0.116. The van der Waals surface area contributed by atoms with Crippen molar-refractivity contribution in [2.75, 3.05) is 5.32 Å². The second-order valence-electron chi connectivity index (χ2n) is 5.30. The fraction of sp³-hybridized carbons (Fsp3) is 0.294. The summed E-state index contributed by atoms with van der Waals surface area (Å²) < 4.78 is 7.54. The summed E-state index contributed by atoms with van der Waals surface area (Å²) in [5.74, 6) is 1.86. The lowest BCUT2D eigenvalue weighted by Gasteiger charge is -2.07. The van der Waals surface area contributed by atoms with Crippen LogP contribution in [0.5, 0.6) is 0 Å². The van der Waals surface area contributed by atoms with Gasteiger partial charge in [0.05, 0.1) is 0 Å². The van der Waals surface area contributed by atoms with E-state index in [1.807, 2.05) is 42.0 Å². The van der Waals surface area contributed by atoms with Crippen LogP contribution >= 0.6 is 0 Å². The number of carbonyl (C=O) groups excluding carboxylic acids is 1. The van der Waals surface area contributed by atoms with E-state index in [1.54, 1.807) is 6.20 Å². The van der Waals surface area contributed by atoms with E-state index in [-0.39, 0.29) is 5.91 Å². The fourth-order valence-corrected chi connectivity index (χ4v) is 2.56. The highest BCUT2D eigenvalue weighted by atomic mass is 16.3. The van der Waals surface area contributed by atoms with E-state index >= 15 is 0 Å². The molecule has 2 aromatic heterocycles. The van der Waals surface area contributed by atoms with Gasteiger partial charge in [-0.3, -0.25) is 4.79 Å². The third-order valence-corrected chi connectivity index (χ3v) is 3.62. The van der Waals surface area contributed by atoms with Crippen LogP contribution in [0, 0.1) is 6.92 Å². The average molecular weight is 297 g/mol. The van der Waals surface area contributed by atoms with Crippen molar-refractivity contribution in [3.8, 4) is 0 Å². The van der Waals surface area contributed by atoms with Crippen LogP contribution in [0.2, 0.25) is 0 Å². The zero-order valence-corrected chi connectivity index (χ0v) is 12.8. The molecule has 1 aromatic carbocycles. The van der Waals surface area contributed by atoms with Gasteiger partial charge in [0.2, 0.25) is 5.91 Å². The lowest BCUT2D eigenvalue weighted by Crippen LogP contribution is -2.15. The molecular weight excluding hydrogens is 278 g/mol. The summed E-state index contributed by atoms with van der Waals surface area (Å²) in [5.41, 5.74) is 1.63. The normalized spacial score (nSPS) is 11.0. The number of imidazole rings is 1. The number of nitrogens with one attached hydrogen (secondary N) is 1. The second-order valence-corrected chi connectivity index (χ2v) is 5.30. The Morgan fingerprint density at radius 1 is 1.36 bits per heavy atom. The van der Waals surface area contributed by atoms with Gasteiger partial charge < -0.3 is 14.3 Å². The molecule has 5 heteroatoms. The smallest absolute Gasteiger partial charge is 0.226 e. The Balaban J connectivity index is 1.62. The van der Waals surface area contributed by atoms with Crippen molar-refractivity contribution < 1.29 is 9.21 Å². The molecule has 0 atom stereocenters. The van der Waals surface area contributed by atoms with Gasteiger partial charge in [0.1, 0.15) is 17.2 Å². The van der Waals surface area contributed by atoms with E-state index in [0.717, 1.165) is 34.7 Å². The molecule has 0 bridgehead atoms. The van der Waals surface area contributed by atoms with Gasteiger partial charge in [-0.25, -0.2) is 4.98 Å². The number of carbonyl (C=O) groups is 1. The number of hydrogen-bond acceptors (Lipinski definition) is 3. The molecule has 0 saturated heterocycles. The Hall–Kier alpha value is -2.56. The monoisotopic (exact) mass is 297 g/mol. The van der Waals surface area contributed by atoms with Crippen LogP contribution in [0.4, 0.5) is 5.69 Å². The molecule has 0 saturated carbocycles. The molecule has 5 nitrogen and oxygen atoms in total. The molecule has 0 aliphatic rings. The summed E-state index contributed by atoms with van der Waals surface area (Å²) in [6.07, 6.45) is 4.97. The molecule has 0 fully saturated rings. The minimum atomic E-state index is -0.00433. The van der Waals surface area contributed by atoms with Crippen molar-refractivity contribution in [1.29, 1.82) is 0 Å². The molecule has 2 heterocycles. The minimum Gasteiger partial charge on any atom is -0.461 e. The minimum absolute atomic E-state index is 0.00433. The summed E-state index contributed by atoms with van der Waals surface area (Å²) >= 11 is 0. The Labute approximate surface area is 129 Å². The number of benzene rings is 1. The Bertz CT molecular complexity index is 801. The van der Waals surface area contributed by atoms with Gasteiger partial charge in [0.15, 0.2) is 0 Å². The number of aromatic nitrogens is 2. The standard InChI is InChI=1S/C17H19N3O2/c1-3-16-18-7-9-20(16)8-6-17(21)19-14-4-5-15-13(11-14)10-12(2)22-15/h4-5,7,9-11H,3,6,8H2,1-2H3,(H,19,21). The number of furan rings is 1. The lowest BCUT2D eigenvalue weighted by atomic mass is 10.2. The molecule has 0 radical (unpaired) electrons. The SMILES string of the molecule is CCc1nccn1CCC(=O)Nc1ccc2oc(C)cc2c1. The number of amides is 1. The predicted molar refractivity (Wildman–Crippen MR) is 85.8 cm³/mol.